The van der Waals surface area contributed by atoms with Gasteiger partial charge in [-0.05, 0) is 0 Å². The largest absolute Gasteiger partial charge is 0.394 e. The molecule has 6 aliphatic heterocycles. The number of ether oxygens (including phenoxy) is 11. The van der Waals surface area contributed by atoms with E-state index in [-0.39, 0.29) is 0 Å². The summed E-state index contributed by atoms with van der Waals surface area (Å²) in [6.45, 7) is -4.18. The van der Waals surface area contributed by atoms with E-state index in [1.165, 1.54) is 0 Å². The zero-order valence-electron chi connectivity index (χ0n) is 31.9. The van der Waals surface area contributed by atoms with Gasteiger partial charge in [-0.25, -0.2) is 0 Å². The molecule has 27 atom stereocenters. The molecule has 61 heavy (non-hydrogen) atoms. The minimum absolute atomic E-state index is 0.446. The zero-order valence-corrected chi connectivity index (χ0v) is 31.9. The summed E-state index contributed by atoms with van der Waals surface area (Å²) in [6, 6.07) is 0. The number of hydrogen-bond donors (Lipinski definition) is 17. The second kappa shape index (κ2) is 21.0. The number of aliphatic hydroxyl groups excluding tert-OH is 17. The Bertz CT molecular complexity index is 1360. The molecule has 0 saturated carbocycles. The van der Waals surface area contributed by atoms with Crippen LogP contribution in [0, 0.1) is 0 Å². The molecule has 0 aromatic rings. The van der Waals surface area contributed by atoms with Gasteiger partial charge in [0.25, 0.3) is 0 Å². The van der Waals surface area contributed by atoms with Crippen LogP contribution >= 0.6 is 0 Å². The molecule has 0 spiro atoms. The predicted octanol–water partition coefficient (Wildman–Crippen LogP) is -12.2. The van der Waals surface area contributed by atoms with Crippen LogP contribution in [-0.4, -0.2) is 292 Å². The maximum Gasteiger partial charge on any atom is 0.187 e. The lowest BCUT2D eigenvalue weighted by Crippen LogP contribution is -2.67. The lowest BCUT2D eigenvalue weighted by Gasteiger charge is -2.48. The average molecular weight is 901 g/mol. The van der Waals surface area contributed by atoms with Gasteiger partial charge in [-0.15, -0.1) is 0 Å². The summed E-state index contributed by atoms with van der Waals surface area (Å²) in [7, 11) is 0. The van der Waals surface area contributed by atoms with Gasteiger partial charge in [0.1, 0.15) is 128 Å². The quantitative estimate of drug-likeness (QED) is 0.0769. The summed E-state index contributed by atoms with van der Waals surface area (Å²) in [5.74, 6) is 0. The third kappa shape index (κ3) is 10.5. The standard InChI is InChI=1S/C33H56O28/c34-1-9-15(40)22(47)30(56-9)61-27-14(39)8(37)4-52-33(27)54-6-12-26(19(44)24(49)32(58-12)59-25-10(2-35)55-28(50)20(45)18(25)43)60-31-23(48)17(42)16(41)11(57-31)5-53-29-21(46)13(38)7(36)3-51-29/h7-50H,1-6H2/t7-,8-,9+,10-,11-,12-,13+,14+,15+,16-,17+,18-,19-,20-,21-,22-,23-,24-,25-,26-,27-,28?,29-,30+,31+,32+,33-/m1/s1. The Morgan fingerprint density at radius 3 is 1.38 bits per heavy atom. The Morgan fingerprint density at radius 2 is 0.770 bits per heavy atom. The van der Waals surface area contributed by atoms with Crippen molar-refractivity contribution in [2.75, 3.05) is 39.6 Å². The molecule has 0 aromatic carbocycles. The Morgan fingerprint density at radius 1 is 0.344 bits per heavy atom. The second-order valence-corrected chi connectivity index (χ2v) is 15.5. The summed E-state index contributed by atoms with van der Waals surface area (Å²) in [6.07, 6.45) is -48.4. The normalized spacial score (nSPS) is 53.6. The SMILES string of the molecule is OC[C@@H]1O[C@@H](O[C@H]2[C@@H](OC[C@H]3O[C@@H](O[C@H]4[C@H](O)[C@@H](O)C(O)O[C@@H]4CO)[C@H](O)[C@@H](O)[C@@H]3O[C@@H]3O[C@H](CO[C@H]4OC[C@@H](O)[C@H](O)[C@H]4O)[C@@H](O)[C@H](O)[C@H]3O)OC[C@@H](O)[C@@H]2O)[C@H](O)[C@H]1O. The van der Waals surface area contributed by atoms with Crippen LogP contribution in [0.5, 0.6) is 0 Å². The predicted molar refractivity (Wildman–Crippen MR) is 181 cm³/mol. The van der Waals surface area contributed by atoms with E-state index in [2.05, 4.69) is 0 Å². The van der Waals surface area contributed by atoms with E-state index in [1.807, 2.05) is 0 Å². The van der Waals surface area contributed by atoms with Crippen molar-refractivity contribution in [3.05, 3.63) is 0 Å². The van der Waals surface area contributed by atoms with E-state index < -0.39 is 206 Å². The highest BCUT2D eigenvalue weighted by Crippen LogP contribution is 2.34. The van der Waals surface area contributed by atoms with Gasteiger partial charge in [0.2, 0.25) is 0 Å². The molecule has 356 valence electrons. The van der Waals surface area contributed by atoms with E-state index in [4.69, 9.17) is 52.1 Å². The Kier molecular flexibility index (Phi) is 17.0. The number of rotatable bonds is 14. The van der Waals surface area contributed by atoms with Gasteiger partial charge in [0.15, 0.2) is 37.7 Å². The van der Waals surface area contributed by atoms with E-state index in [0.29, 0.717) is 0 Å². The molecule has 28 heteroatoms. The summed E-state index contributed by atoms with van der Waals surface area (Å²) in [5.41, 5.74) is 0. The minimum Gasteiger partial charge on any atom is -0.394 e. The first-order valence-corrected chi connectivity index (χ1v) is 19.4. The van der Waals surface area contributed by atoms with Crippen molar-refractivity contribution < 1.29 is 139 Å². The zero-order chi connectivity index (χ0) is 44.6. The fraction of sp³-hybridized carbons (Fsp3) is 1.00. The van der Waals surface area contributed by atoms with Crippen LogP contribution in [0.2, 0.25) is 0 Å². The van der Waals surface area contributed by atoms with Gasteiger partial charge in [-0.3, -0.25) is 0 Å². The van der Waals surface area contributed by atoms with Gasteiger partial charge >= 0.3 is 0 Å². The van der Waals surface area contributed by atoms with Crippen LogP contribution in [0.15, 0.2) is 0 Å². The molecule has 28 nitrogen and oxygen atoms in total. The van der Waals surface area contributed by atoms with Crippen molar-refractivity contribution in [2.45, 2.75) is 166 Å². The fourth-order valence-electron chi connectivity index (χ4n) is 7.52. The molecule has 0 bridgehead atoms. The lowest BCUT2D eigenvalue weighted by molar-refractivity contribution is -0.385. The molecule has 0 radical (unpaired) electrons. The minimum atomic E-state index is -2.16. The molecule has 6 rings (SSSR count). The van der Waals surface area contributed by atoms with E-state index >= 15 is 0 Å². The molecule has 6 aliphatic rings. The smallest absolute Gasteiger partial charge is 0.187 e. The monoisotopic (exact) mass is 900 g/mol. The van der Waals surface area contributed by atoms with E-state index in [1.54, 1.807) is 0 Å². The molecule has 1 unspecified atom stereocenters. The van der Waals surface area contributed by atoms with Crippen molar-refractivity contribution in [1.29, 1.82) is 0 Å². The lowest BCUT2D eigenvalue weighted by atomic mass is 9.96. The Balaban J connectivity index is 1.21. The number of hydrogen-bond acceptors (Lipinski definition) is 28. The van der Waals surface area contributed by atoms with Crippen molar-refractivity contribution in [2.24, 2.45) is 0 Å². The molecule has 6 fully saturated rings. The number of aliphatic hydroxyl groups is 17. The Labute approximate surface area is 344 Å². The first-order valence-electron chi connectivity index (χ1n) is 19.4. The average Bonchev–Trinajstić information content (AvgIpc) is 3.52. The maximum absolute atomic E-state index is 11.5. The molecule has 6 heterocycles. The van der Waals surface area contributed by atoms with Gasteiger partial charge in [0.05, 0.1) is 39.6 Å². The Hall–Kier alpha value is -1.12. The first-order chi connectivity index (χ1) is 28.9. The molecular formula is C33H56O28. The highest BCUT2D eigenvalue weighted by Gasteiger charge is 2.55. The van der Waals surface area contributed by atoms with Gasteiger partial charge in [0, 0.05) is 0 Å². The van der Waals surface area contributed by atoms with E-state index in [0.717, 1.165) is 0 Å². The van der Waals surface area contributed by atoms with Gasteiger partial charge < -0.3 is 139 Å². The van der Waals surface area contributed by atoms with Crippen LogP contribution in [-0.2, 0) is 52.1 Å². The van der Waals surface area contributed by atoms with Gasteiger partial charge in [-0.1, -0.05) is 0 Å². The van der Waals surface area contributed by atoms with Crippen LogP contribution in [0.4, 0.5) is 0 Å². The summed E-state index contributed by atoms with van der Waals surface area (Å²) in [5, 5.41) is 177. The fourth-order valence-corrected chi connectivity index (χ4v) is 7.52. The molecule has 0 aliphatic carbocycles. The van der Waals surface area contributed by atoms with Crippen LogP contribution in [0.25, 0.3) is 0 Å². The third-order valence-electron chi connectivity index (χ3n) is 11.3. The highest BCUT2D eigenvalue weighted by molar-refractivity contribution is 4.97. The van der Waals surface area contributed by atoms with Crippen molar-refractivity contribution >= 4 is 0 Å². The molecule has 6 saturated heterocycles. The van der Waals surface area contributed by atoms with Crippen molar-refractivity contribution in [1.82, 2.24) is 0 Å². The first kappa shape index (κ1) is 49.3. The third-order valence-corrected chi connectivity index (χ3v) is 11.3. The summed E-state index contributed by atoms with van der Waals surface area (Å²) in [4.78, 5) is 0. The van der Waals surface area contributed by atoms with Crippen molar-refractivity contribution in [3.63, 3.8) is 0 Å². The molecule has 0 aromatic heterocycles. The molecular weight excluding hydrogens is 844 g/mol. The van der Waals surface area contributed by atoms with E-state index in [9.17, 15) is 86.8 Å². The summed E-state index contributed by atoms with van der Waals surface area (Å²) >= 11 is 0. The highest BCUT2D eigenvalue weighted by atomic mass is 16.8. The maximum atomic E-state index is 11.5. The van der Waals surface area contributed by atoms with Gasteiger partial charge in [-0.2, -0.15) is 0 Å². The van der Waals surface area contributed by atoms with Crippen LogP contribution in [0.1, 0.15) is 0 Å². The topological polar surface area (TPSA) is 445 Å². The summed E-state index contributed by atoms with van der Waals surface area (Å²) < 4.78 is 61.0. The second-order valence-electron chi connectivity index (χ2n) is 15.5. The molecule has 17 N–H and O–H groups in total. The van der Waals surface area contributed by atoms with Crippen LogP contribution < -0.4 is 0 Å². The van der Waals surface area contributed by atoms with Crippen molar-refractivity contribution in [3.8, 4) is 0 Å². The van der Waals surface area contributed by atoms with Crippen LogP contribution in [0.3, 0.4) is 0 Å². The molecule has 0 amide bonds.